The van der Waals surface area contributed by atoms with E-state index in [4.69, 9.17) is 5.11 Å². The number of piperidine rings is 1. The minimum atomic E-state index is -0.179. The largest absolute Gasteiger partial charge is 0.393 e. The summed E-state index contributed by atoms with van der Waals surface area (Å²) in [7, 11) is 0. The van der Waals surface area contributed by atoms with Crippen molar-refractivity contribution in [1.82, 2.24) is 24.3 Å². The van der Waals surface area contributed by atoms with E-state index in [-0.39, 0.29) is 18.1 Å². The number of hydrogen-bond acceptors (Lipinski definition) is 6. The normalized spacial score (nSPS) is 19.9. The van der Waals surface area contributed by atoms with E-state index in [0.29, 0.717) is 13.1 Å². The Morgan fingerprint density at radius 2 is 1.71 bits per heavy atom. The van der Waals surface area contributed by atoms with Crippen LogP contribution in [0, 0.1) is 12.8 Å². The van der Waals surface area contributed by atoms with Crippen molar-refractivity contribution in [3.05, 3.63) is 48.5 Å². The number of piperazine rings is 1. The van der Waals surface area contributed by atoms with Crippen LogP contribution in [0.5, 0.6) is 0 Å². The Labute approximate surface area is 250 Å². The number of aliphatic hydroxyl groups is 1. The number of aromatic nitrogens is 3. The van der Waals surface area contributed by atoms with Gasteiger partial charge >= 0.3 is 0 Å². The number of hydrogen-bond donors (Lipinski definition) is 1. The van der Waals surface area contributed by atoms with Crippen molar-refractivity contribution in [1.29, 1.82) is 0 Å². The van der Waals surface area contributed by atoms with Crippen LogP contribution in [0.2, 0.25) is 0 Å². The monoisotopic (exact) mass is 576 g/mol. The summed E-state index contributed by atoms with van der Waals surface area (Å²) in [5, 5.41) is 10.2. The molecule has 0 unspecified atom stereocenters. The third kappa shape index (κ3) is 8.31. The number of amides is 2. The Morgan fingerprint density at radius 3 is 2.31 bits per heavy atom. The SMILES string of the molecule is CC(=O)N1CCN(c2cccc3c2ccn3-c2ccnc(C)n2)[C@H](C)C1.CC1CCCCC1.O=CN1CCC(O)CC1. The van der Waals surface area contributed by atoms with Crippen molar-refractivity contribution >= 4 is 28.9 Å². The molecule has 42 heavy (non-hydrogen) atoms. The van der Waals surface area contributed by atoms with Gasteiger partial charge < -0.3 is 24.4 Å². The zero-order valence-corrected chi connectivity index (χ0v) is 25.8. The van der Waals surface area contributed by atoms with E-state index in [0.717, 1.165) is 62.0 Å². The fourth-order valence-corrected chi connectivity index (χ4v) is 6.08. The molecule has 1 atom stereocenters. The lowest BCUT2D eigenvalue weighted by Gasteiger charge is -2.41. The summed E-state index contributed by atoms with van der Waals surface area (Å²) < 4.78 is 2.10. The number of likely N-dealkylation sites (tertiary alicyclic amines) is 1. The number of aryl methyl sites for hydroxylation is 1. The summed E-state index contributed by atoms with van der Waals surface area (Å²) >= 11 is 0. The summed E-state index contributed by atoms with van der Waals surface area (Å²) in [6, 6.07) is 10.7. The van der Waals surface area contributed by atoms with Crippen LogP contribution in [0.4, 0.5) is 5.69 Å². The maximum absolute atomic E-state index is 11.7. The highest BCUT2D eigenvalue weighted by Gasteiger charge is 2.26. The van der Waals surface area contributed by atoms with Gasteiger partial charge in [-0.25, -0.2) is 9.97 Å². The average Bonchev–Trinajstić information content (AvgIpc) is 3.43. The molecule has 3 aliphatic rings. The van der Waals surface area contributed by atoms with Crippen LogP contribution in [0.3, 0.4) is 0 Å². The fourth-order valence-electron chi connectivity index (χ4n) is 6.08. The highest BCUT2D eigenvalue weighted by molar-refractivity contribution is 5.94. The minimum absolute atomic E-state index is 0.153. The zero-order chi connectivity index (χ0) is 30.1. The average molecular weight is 577 g/mol. The second kappa shape index (κ2) is 15.1. The first-order chi connectivity index (χ1) is 20.3. The van der Waals surface area contributed by atoms with Gasteiger partial charge in [-0.2, -0.15) is 0 Å². The molecule has 3 fully saturated rings. The van der Waals surface area contributed by atoms with E-state index in [1.807, 2.05) is 17.9 Å². The second-order valence-corrected chi connectivity index (χ2v) is 12.0. The van der Waals surface area contributed by atoms with Gasteiger partial charge in [0.2, 0.25) is 12.3 Å². The predicted octanol–water partition coefficient (Wildman–Crippen LogP) is 4.97. The Hall–Kier alpha value is -3.46. The molecule has 1 saturated carbocycles. The van der Waals surface area contributed by atoms with Gasteiger partial charge in [0.15, 0.2) is 0 Å². The first-order valence-electron chi connectivity index (χ1n) is 15.6. The number of rotatable bonds is 3. The first-order valence-corrected chi connectivity index (χ1v) is 15.6. The molecule has 2 saturated heterocycles. The van der Waals surface area contributed by atoms with Crippen molar-refractivity contribution in [2.45, 2.75) is 84.8 Å². The summed E-state index contributed by atoms with van der Waals surface area (Å²) in [6.45, 7) is 11.9. The molecule has 4 heterocycles. The topological polar surface area (TPSA) is 94.8 Å². The third-order valence-electron chi connectivity index (χ3n) is 8.64. The van der Waals surface area contributed by atoms with Crippen molar-refractivity contribution in [3.8, 4) is 5.82 Å². The highest BCUT2D eigenvalue weighted by Crippen LogP contribution is 2.31. The van der Waals surface area contributed by atoms with Gasteiger partial charge in [0.1, 0.15) is 11.6 Å². The molecule has 2 amide bonds. The van der Waals surface area contributed by atoms with Gasteiger partial charge in [-0.15, -0.1) is 0 Å². The van der Waals surface area contributed by atoms with Crippen LogP contribution in [0.25, 0.3) is 16.7 Å². The molecule has 2 aliphatic heterocycles. The minimum Gasteiger partial charge on any atom is -0.393 e. The van der Waals surface area contributed by atoms with Gasteiger partial charge in [0, 0.05) is 69.2 Å². The molecule has 2 aromatic heterocycles. The maximum atomic E-state index is 11.7. The van der Waals surface area contributed by atoms with Gasteiger partial charge in [0.05, 0.1) is 11.6 Å². The lowest BCUT2D eigenvalue weighted by atomic mass is 9.91. The number of anilines is 1. The summed E-state index contributed by atoms with van der Waals surface area (Å²) in [6.07, 6.45) is 13.4. The van der Waals surface area contributed by atoms with E-state index < -0.39 is 0 Å². The highest BCUT2D eigenvalue weighted by atomic mass is 16.3. The van der Waals surface area contributed by atoms with Gasteiger partial charge in [-0.05, 0) is 56.9 Å². The first kappa shape index (κ1) is 31.5. The number of aliphatic hydroxyl groups excluding tert-OH is 1. The number of carbonyl (C=O) groups excluding carboxylic acids is 2. The van der Waals surface area contributed by atoms with Crippen LogP contribution in [-0.4, -0.2) is 86.6 Å². The summed E-state index contributed by atoms with van der Waals surface area (Å²) in [5.74, 6) is 2.82. The Balaban J connectivity index is 0.000000206. The quantitative estimate of drug-likeness (QED) is 0.443. The molecule has 3 aromatic rings. The standard InChI is InChI=1S/C20H23N5O.C7H14.C6H11NO2/c1-14-13-23(16(3)26)11-12-24(14)18-5-4-6-19-17(18)8-10-25(19)20-7-9-21-15(2)22-20;1-7-5-3-2-4-6-7;8-5-7-3-1-6(9)2-4-7/h4-10,14H,11-13H2,1-3H3;7H,2-6H2,1H3;5-6,9H,1-4H2/t14-;;/m1../s1. The van der Waals surface area contributed by atoms with Crippen molar-refractivity contribution in [2.75, 3.05) is 37.6 Å². The van der Waals surface area contributed by atoms with Gasteiger partial charge in [-0.3, -0.25) is 9.59 Å². The van der Waals surface area contributed by atoms with E-state index in [9.17, 15) is 9.59 Å². The molecule has 0 spiro atoms. The van der Waals surface area contributed by atoms with E-state index in [1.54, 1.807) is 18.0 Å². The molecule has 1 aromatic carbocycles. The number of fused-ring (bicyclic) bond motifs is 1. The Morgan fingerprint density at radius 1 is 0.976 bits per heavy atom. The summed E-state index contributed by atoms with van der Waals surface area (Å²) in [5.41, 5.74) is 2.34. The molecular weight excluding hydrogens is 528 g/mol. The smallest absolute Gasteiger partial charge is 0.219 e. The number of carbonyl (C=O) groups is 2. The van der Waals surface area contributed by atoms with Crippen molar-refractivity contribution in [2.24, 2.45) is 5.92 Å². The second-order valence-electron chi connectivity index (χ2n) is 12.0. The molecule has 0 radical (unpaired) electrons. The molecule has 1 N–H and O–H groups in total. The van der Waals surface area contributed by atoms with E-state index in [1.165, 1.54) is 43.2 Å². The lowest BCUT2D eigenvalue weighted by molar-refractivity contribution is -0.129. The van der Waals surface area contributed by atoms with Crippen LogP contribution < -0.4 is 4.90 Å². The van der Waals surface area contributed by atoms with Crippen LogP contribution >= 0.6 is 0 Å². The van der Waals surface area contributed by atoms with Gasteiger partial charge in [0.25, 0.3) is 0 Å². The molecule has 9 nitrogen and oxygen atoms in total. The Bertz CT molecular complexity index is 1300. The predicted molar refractivity (Wildman–Crippen MR) is 168 cm³/mol. The van der Waals surface area contributed by atoms with Gasteiger partial charge in [-0.1, -0.05) is 45.1 Å². The maximum Gasteiger partial charge on any atom is 0.219 e. The van der Waals surface area contributed by atoms with Crippen LogP contribution in [0.15, 0.2) is 42.7 Å². The molecule has 9 heteroatoms. The van der Waals surface area contributed by atoms with Crippen LogP contribution in [-0.2, 0) is 9.59 Å². The number of benzene rings is 1. The Kier molecular flexibility index (Phi) is 11.3. The zero-order valence-electron chi connectivity index (χ0n) is 25.8. The molecular formula is C33H48N6O3. The third-order valence-corrected chi connectivity index (χ3v) is 8.64. The molecule has 228 valence electrons. The van der Waals surface area contributed by atoms with Crippen molar-refractivity contribution in [3.63, 3.8) is 0 Å². The molecule has 1 aliphatic carbocycles. The van der Waals surface area contributed by atoms with E-state index in [2.05, 4.69) is 63.7 Å². The summed E-state index contributed by atoms with van der Waals surface area (Å²) in [4.78, 5) is 36.5. The van der Waals surface area contributed by atoms with Crippen LogP contribution in [0.1, 0.15) is 71.5 Å². The van der Waals surface area contributed by atoms with Crippen molar-refractivity contribution < 1.29 is 14.7 Å². The number of nitrogens with zero attached hydrogens (tertiary/aromatic N) is 6. The lowest BCUT2D eigenvalue weighted by Crippen LogP contribution is -2.53. The van der Waals surface area contributed by atoms with E-state index >= 15 is 0 Å². The molecule has 6 rings (SSSR count). The fraction of sp³-hybridized carbons (Fsp3) is 0.576. The molecule has 0 bridgehead atoms.